The van der Waals surface area contributed by atoms with Gasteiger partial charge in [-0.15, -0.1) is 24.0 Å². The predicted octanol–water partition coefficient (Wildman–Crippen LogP) is 3.49. The molecule has 29 heavy (non-hydrogen) atoms. The van der Waals surface area contributed by atoms with Crippen LogP contribution in [-0.2, 0) is 17.7 Å². The Hall–Kier alpha value is -1.58. The van der Waals surface area contributed by atoms with Crippen molar-refractivity contribution in [3.05, 3.63) is 58.7 Å². The molecule has 1 fully saturated rings. The van der Waals surface area contributed by atoms with Gasteiger partial charge in [0, 0.05) is 43.0 Å². The molecule has 2 heterocycles. The van der Waals surface area contributed by atoms with E-state index in [-0.39, 0.29) is 24.0 Å². The van der Waals surface area contributed by atoms with Gasteiger partial charge < -0.3 is 20.3 Å². The Kier molecular flexibility index (Phi) is 10.5. The van der Waals surface area contributed by atoms with E-state index in [0.717, 1.165) is 68.2 Å². The first-order valence-corrected chi connectivity index (χ1v) is 10.2. The number of nitrogens with zero attached hydrogens (tertiary/aromatic N) is 3. The van der Waals surface area contributed by atoms with Crippen LogP contribution in [0, 0.1) is 0 Å². The number of hydrogen-bond donors (Lipinski definition) is 2. The monoisotopic (exact) mass is 529 g/mol. The third-order valence-corrected chi connectivity index (χ3v) is 4.76. The fraction of sp³-hybridized carbons (Fsp3) is 0.429. The van der Waals surface area contributed by atoms with Gasteiger partial charge in [-0.2, -0.15) is 0 Å². The van der Waals surface area contributed by atoms with E-state index in [2.05, 4.69) is 39.6 Å². The molecule has 0 spiro atoms. The van der Waals surface area contributed by atoms with Crippen molar-refractivity contribution in [2.75, 3.05) is 44.3 Å². The van der Waals surface area contributed by atoms with E-state index in [1.807, 2.05) is 30.5 Å². The minimum atomic E-state index is 0. The van der Waals surface area contributed by atoms with Crippen LogP contribution in [0.4, 0.5) is 5.82 Å². The highest BCUT2D eigenvalue weighted by Crippen LogP contribution is 2.19. The number of anilines is 1. The van der Waals surface area contributed by atoms with Gasteiger partial charge in [0.25, 0.3) is 0 Å². The van der Waals surface area contributed by atoms with Crippen LogP contribution in [0.5, 0.6) is 0 Å². The average Bonchev–Trinajstić information content (AvgIpc) is 2.73. The molecule has 1 aromatic heterocycles. The summed E-state index contributed by atoms with van der Waals surface area (Å²) in [4.78, 5) is 11.6. The number of halogens is 2. The van der Waals surface area contributed by atoms with Gasteiger partial charge in [0.15, 0.2) is 5.96 Å². The lowest BCUT2D eigenvalue weighted by Crippen LogP contribution is -2.38. The summed E-state index contributed by atoms with van der Waals surface area (Å²) in [5.74, 6) is 1.81. The largest absolute Gasteiger partial charge is 0.378 e. The number of hydrogen-bond acceptors (Lipinski definition) is 4. The van der Waals surface area contributed by atoms with Crippen LogP contribution < -0.4 is 15.5 Å². The number of guanidine groups is 1. The molecule has 1 aliphatic rings. The van der Waals surface area contributed by atoms with Crippen molar-refractivity contribution in [3.63, 3.8) is 0 Å². The number of pyridine rings is 1. The minimum Gasteiger partial charge on any atom is -0.378 e. The van der Waals surface area contributed by atoms with Gasteiger partial charge in [0.05, 0.1) is 19.8 Å². The SMILES string of the molecule is CCNC(=NCc1cccnc1N1CCOCC1)NCCc1cccc(Cl)c1.I. The number of nitrogens with one attached hydrogen (secondary N) is 2. The van der Waals surface area contributed by atoms with Crippen LogP contribution in [0.25, 0.3) is 0 Å². The van der Waals surface area contributed by atoms with Crippen LogP contribution in [-0.4, -0.2) is 50.3 Å². The number of morpholine rings is 1. The van der Waals surface area contributed by atoms with Crippen LogP contribution in [0.1, 0.15) is 18.1 Å². The summed E-state index contributed by atoms with van der Waals surface area (Å²) >= 11 is 6.06. The lowest BCUT2D eigenvalue weighted by Gasteiger charge is -2.29. The van der Waals surface area contributed by atoms with Crippen molar-refractivity contribution >= 4 is 47.4 Å². The number of aromatic nitrogens is 1. The van der Waals surface area contributed by atoms with Crippen molar-refractivity contribution in [3.8, 4) is 0 Å². The Bertz CT molecular complexity index is 783. The van der Waals surface area contributed by atoms with Crippen molar-refractivity contribution < 1.29 is 4.74 Å². The van der Waals surface area contributed by atoms with Crippen molar-refractivity contribution in [1.29, 1.82) is 0 Å². The molecule has 0 saturated carbocycles. The molecule has 1 saturated heterocycles. The molecule has 1 aliphatic heterocycles. The van der Waals surface area contributed by atoms with E-state index in [1.54, 1.807) is 0 Å². The summed E-state index contributed by atoms with van der Waals surface area (Å²) in [5, 5.41) is 7.48. The maximum atomic E-state index is 6.06. The normalized spacial score (nSPS) is 14.3. The quantitative estimate of drug-likeness (QED) is 0.327. The Morgan fingerprint density at radius 3 is 2.79 bits per heavy atom. The third kappa shape index (κ3) is 7.64. The Labute approximate surface area is 195 Å². The summed E-state index contributed by atoms with van der Waals surface area (Å²) in [7, 11) is 0. The summed E-state index contributed by atoms with van der Waals surface area (Å²) in [6.45, 7) is 7.46. The average molecular weight is 530 g/mol. The van der Waals surface area contributed by atoms with Gasteiger partial charge in [0.2, 0.25) is 0 Å². The first kappa shape index (κ1) is 23.7. The van der Waals surface area contributed by atoms with E-state index in [9.17, 15) is 0 Å². The standard InChI is InChI=1S/C21H28ClN5O.HI/c1-2-23-21(25-10-8-17-5-3-7-19(22)15-17)26-16-18-6-4-9-24-20(18)27-11-13-28-14-12-27;/h3-7,9,15H,2,8,10-14,16H2,1H3,(H2,23,25,26);1H. The van der Waals surface area contributed by atoms with Gasteiger partial charge in [0.1, 0.15) is 5.82 Å². The lowest BCUT2D eigenvalue weighted by atomic mass is 10.1. The zero-order chi connectivity index (χ0) is 19.6. The highest BCUT2D eigenvalue weighted by Gasteiger charge is 2.15. The number of benzene rings is 1. The molecule has 0 aliphatic carbocycles. The Balaban J connectivity index is 0.00000300. The molecule has 2 aromatic rings. The minimum absolute atomic E-state index is 0. The maximum Gasteiger partial charge on any atom is 0.191 e. The smallest absolute Gasteiger partial charge is 0.191 e. The molecule has 3 rings (SSSR count). The maximum absolute atomic E-state index is 6.06. The Morgan fingerprint density at radius 1 is 1.21 bits per heavy atom. The molecule has 8 heteroatoms. The van der Waals surface area contributed by atoms with Crippen LogP contribution >= 0.6 is 35.6 Å². The molecule has 0 amide bonds. The zero-order valence-corrected chi connectivity index (χ0v) is 19.8. The fourth-order valence-electron chi connectivity index (χ4n) is 3.14. The molecule has 2 N–H and O–H groups in total. The highest BCUT2D eigenvalue weighted by molar-refractivity contribution is 14.0. The van der Waals surface area contributed by atoms with Crippen LogP contribution in [0.15, 0.2) is 47.6 Å². The van der Waals surface area contributed by atoms with E-state index in [0.29, 0.717) is 6.54 Å². The molecule has 158 valence electrons. The molecule has 0 radical (unpaired) electrons. The fourth-order valence-corrected chi connectivity index (χ4v) is 3.35. The van der Waals surface area contributed by atoms with Gasteiger partial charge >= 0.3 is 0 Å². The predicted molar refractivity (Wildman–Crippen MR) is 131 cm³/mol. The molecule has 6 nitrogen and oxygen atoms in total. The molecule has 1 aromatic carbocycles. The third-order valence-electron chi connectivity index (χ3n) is 4.53. The Morgan fingerprint density at radius 2 is 2.03 bits per heavy atom. The van der Waals surface area contributed by atoms with Gasteiger partial charge in [-0.05, 0) is 37.1 Å². The second kappa shape index (κ2) is 12.9. The summed E-state index contributed by atoms with van der Waals surface area (Å²) < 4.78 is 5.45. The van der Waals surface area contributed by atoms with Crippen molar-refractivity contribution in [2.24, 2.45) is 4.99 Å². The summed E-state index contributed by atoms with van der Waals surface area (Å²) in [5.41, 5.74) is 2.33. The van der Waals surface area contributed by atoms with Crippen molar-refractivity contribution in [2.45, 2.75) is 19.9 Å². The molecule has 0 bridgehead atoms. The second-order valence-corrected chi connectivity index (χ2v) is 7.02. The van der Waals surface area contributed by atoms with Crippen LogP contribution in [0.3, 0.4) is 0 Å². The van der Waals surface area contributed by atoms with Gasteiger partial charge in [-0.3, -0.25) is 0 Å². The van der Waals surface area contributed by atoms with Gasteiger partial charge in [-0.25, -0.2) is 9.98 Å². The number of ether oxygens (including phenoxy) is 1. The summed E-state index contributed by atoms with van der Waals surface area (Å²) in [6, 6.07) is 12.0. The second-order valence-electron chi connectivity index (χ2n) is 6.59. The van der Waals surface area contributed by atoms with Gasteiger partial charge in [-0.1, -0.05) is 29.8 Å². The molecular weight excluding hydrogens is 501 g/mol. The van der Waals surface area contributed by atoms with E-state index >= 15 is 0 Å². The lowest BCUT2D eigenvalue weighted by molar-refractivity contribution is 0.122. The van der Waals surface area contributed by atoms with Crippen molar-refractivity contribution in [1.82, 2.24) is 15.6 Å². The molecular formula is C21H29ClIN5O. The zero-order valence-electron chi connectivity index (χ0n) is 16.7. The first-order chi connectivity index (χ1) is 13.8. The number of aliphatic imine (C=N–C) groups is 1. The summed E-state index contributed by atoms with van der Waals surface area (Å²) in [6.07, 6.45) is 2.73. The first-order valence-electron chi connectivity index (χ1n) is 9.79. The van der Waals surface area contributed by atoms with E-state index in [4.69, 9.17) is 21.3 Å². The topological polar surface area (TPSA) is 61.8 Å². The molecule has 0 atom stereocenters. The number of rotatable bonds is 7. The van der Waals surface area contributed by atoms with E-state index < -0.39 is 0 Å². The molecule has 0 unspecified atom stereocenters. The van der Waals surface area contributed by atoms with E-state index in [1.165, 1.54) is 5.56 Å². The highest BCUT2D eigenvalue weighted by atomic mass is 127. The van der Waals surface area contributed by atoms with Crippen LogP contribution in [0.2, 0.25) is 5.02 Å².